The molecule has 2 aliphatic heterocycles. The predicted molar refractivity (Wildman–Crippen MR) is 302 cm³/mol. The van der Waals surface area contributed by atoms with Gasteiger partial charge in [0.1, 0.15) is 43.8 Å². The molecule has 0 aliphatic carbocycles. The lowest BCUT2D eigenvalue weighted by Gasteiger charge is -2.12. The predicted octanol–water partition coefficient (Wildman–Crippen LogP) is 6.42. The Morgan fingerprint density at radius 3 is 1.24 bits per heavy atom. The van der Waals surface area contributed by atoms with Gasteiger partial charge in [0.15, 0.2) is 29.0 Å². The minimum atomic E-state index is -5.43. The number of benzene rings is 7. The molecule has 0 amide bonds. The molecule has 10 N–H and O–H groups in total. The van der Waals surface area contributed by atoms with Crippen LogP contribution in [0.3, 0.4) is 0 Å². The molecule has 5 heterocycles. The molecule has 0 atom stereocenters. The van der Waals surface area contributed by atoms with Crippen LogP contribution >= 0.6 is 0 Å². The summed E-state index contributed by atoms with van der Waals surface area (Å²) in [6, 6.07) is 18.9. The fraction of sp³-hybridized carbons (Fsp3) is 0. The van der Waals surface area contributed by atoms with Crippen molar-refractivity contribution in [3.8, 4) is 51.3 Å². The second-order valence-electron chi connectivity index (χ2n) is 18.7. The lowest BCUT2D eigenvalue weighted by atomic mass is 10.1. The SMILES string of the molecule is O=S(=O)(O)c1ccc(S(=O)(=O)O)c(N=Nc2c(S(=O)(=O)O)cc3cc(NS(=O)(=O)c4ccc5c(c4)-c4nc-5nc5[nH]c(nc6nc(nc7[nH]c(n4)c4cc(S(=O)(=O)O)ccc74)-c4cc(S(=O)(=O)O)ccc4-6)c4cc(S(=O)(=O)O)ccc54)ccc3c2O)c1. The number of hydrogen-bond acceptors (Lipinski definition) is 23. The number of hydrogen-bond donors (Lipinski definition) is 10. The van der Waals surface area contributed by atoms with E-state index in [4.69, 9.17) is 4.98 Å². The Balaban J connectivity index is 1.03. The zero-order valence-electron chi connectivity index (χ0n) is 42.3. The first-order valence-corrected chi connectivity index (χ1v) is 33.7. The molecular formula is C48H29N11O21S7. The summed E-state index contributed by atoms with van der Waals surface area (Å²) in [4.78, 5) is 28.3. The van der Waals surface area contributed by atoms with Gasteiger partial charge in [-0.2, -0.15) is 50.5 Å². The maximum Gasteiger partial charge on any atom is 0.296 e. The van der Waals surface area contributed by atoms with E-state index in [0.29, 0.717) is 24.3 Å². The molecule has 39 heteroatoms. The number of nitrogens with one attached hydrogen (secondary N) is 3. The summed E-state index contributed by atoms with van der Waals surface area (Å²) in [5, 5.41) is 18.0. The summed E-state index contributed by atoms with van der Waals surface area (Å²) in [5.41, 5.74) is -2.83. The number of H-pyrrole nitrogens is 2. The number of anilines is 1. The van der Waals surface area contributed by atoms with E-state index in [1.54, 1.807) is 0 Å². The largest absolute Gasteiger partial charge is 0.505 e. The van der Waals surface area contributed by atoms with Crippen molar-refractivity contribution in [3.05, 3.63) is 115 Å². The number of aromatic hydroxyl groups is 1. The smallest absolute Gasteiger partial charge is 0.296 e. The van der Waals surface area contributed by atoms with Gasteiger partial charge < -0.3 is 15.1 Å². The molecular weight excluding hydrogens is 1290 g/mol. The van der Waals surface area contributed by atoms with Gasteiger partial charge >= 0.3 is 0 Å². The van der Waals surface area contributed by atoms with Crippen molar-refractivity contribution in [2.24, 2.45) is 10.2 Å². The van der Waals surface area contributed by atoms with E-state index in [1.165, 1.54) is 24.3 Å². The molecule has 3 aromatic heterocycles. The van der Waals surface area contributed by atoms with Crippen LogP contribution in [0.5, 0.6) is 5.75 Å². The van der Waals surface area contributed by atoms with Crippen molar-refractivity contribution in [1.82, 2.24) is 39.9 Å². The number of aromatic amines is 2. The van der Waals surface area contributed by atoms with E-state index < -0.39 is 122 Å². The highest BCUT2D eigenvalue weighted by Gasteiger charge is 2.29. The highest BCUT2D eigenvalue weighted by Crippen LogP contribution is 2.44. The fourth-order valence-electron chi connectivity index (χ4n) is 9.34. The highest BCUT2D eigenvalue weighted by molar-refractivity contribution is 7.92. The molecule has 10 aromatic rings. The molecule has 7 aromatic carbocycles. The summed E-state index contributed by atoms with van der Waals surface area (Å²) >= 11 is 0. The third-order valence-corrected chi connectivity index (χ3v) is 19.8. The quantitative estimate of drug-likeness (QED) is 0.0493. The summed E-state index contributed by atoms with van der Waals surface area (Å²) in [6.07, 6.45) is 0. The van der Waals surface area contributed by atoms with Gasteiger partial charge in [0.05, 0.1) is 24.5 Å². The maximum absolute atomic E-state index is 14.4. The number of fused-ring (bicyclic) bond motifs is 21. The summed E-state index contributed by atoms with van der Waals surface area (Å²) in [5.74, 6) is -2.00. The molecule has 0 radical (unpaired) electrons. The molecule has 0 unspecified atom stereocenters. The molecule has 0 fully saturated rings. The number of nitrogens with zero attached hydrogens (tertiary/aromatic N) is 8. The molecule has 0 spiro atoms. The molecule has 87 heavy (non-hydrogen) atoms. The van der Waals surface area contributed by atoms with Crippen LogP contribution in [-0.2, 0) is 70.7 Å². The van der Waals surface area contributed by atoms with Crippen molar-refractivity contribution in [2.75, 3.05) is 4.72 Å². The Morgan fingerprint density at radius 2 is 0.759 bits per heavy atom. The van der Waals surface area contributed by atoms with Gasteiger partial charge in [-0.25, -0.2) is 38.3 Å². The van der Waals surface area contributed by atoms with Gasteiger partial charge in [-0.05, 0) is 121 Å². The summed E-state index contributed by atoms with van der Waals surface area (Å²) < 4.78 is 239. The average molecular weight is 1320 g/mol. The molecule has 12 rings (SSSR count). The van der Waals surface area contributed by atoms with E-state index in [9.17, 15) is 91.3 Å². The van der Waals surface area contributed by atoms with Crippen LogP contribution < -0.4 is 4.72 Å². The lowest BCUT2D eigenvalue weighted by Crippen LogP contribution is -2.13. The first kappa shape index (κ1) is 58.2. The third-order valence-electron chi connectivity index (χ3n) is 13.3. The van der Waals surface area contributed by atoms with Crippen molar-refractivity contribution < 1.29 is 91.3 Å². The number of sulfonamides is 1. The zero-order chi connectivity index (χ0) is 62.5. The second kappa shape index (κ2) is 19.6. The van der Waals surface area contributed by atoms with Crippen LogP contribution in [0.25, 0.3) is 100 Å². The second-order valence-corrected chi connectivity index (χ2v) is 28.9. The van der Waals surface area contributed by atoms with E-state index in [1.807, 2.05) is 0 Å². The Morgan fingerprint density at radius 1 is 0.356 bits per heavy atom. The number of phenols is 1. The van der Waals surface area contributed by atoms with Crippen LogP contribution in [0.15, 0.2) is 160 Å². The molecule has 0 saturated carbocycles. The standard InChI is InChI=1S/C48H29N11O21S7/c60-40-27-7-1-21(13-20(27)14-38(87(78,79)80)39(40)58-57-36-19-26(85(72,73)74)6-12-37(36)86(75,76)77)59-81(61,62)22-2-8-28-32(15-22)45-50-41(28)49-42-29-9-3-23(82(63,64)65)16-33(29)46(51-42)52-43-30-10-4-24(83(66,67)68)17-34(30)47(53-43)54-44-31-11-5-25(84(69,70)71)18-35(31)48(55-44)56-45/h1-19,59-60H,(H,63,64,65)(H,66,67,68)(H,69,70,71)(H,72,73,74)(H,75,76,77)(H,78,79,80)(H2,49,50,51,52,53,54,55,56). The van der Waals surface area contributed by atoms with Crippen LogP contribution in [0, 0.1) is 0 Å². The Bertz CT molecular complexity index is 5910. The van der Waals surface area contributed by atoms with Gasteiger partial charge in [-0.1, -0.05) is 0 Å². The maximum atomic E-state index is 14.4. The molecule has 2 aliphatic rings. The van der Waals surface area contributed by atoms with Crippen LogP contribution in [-0.4, -0.2) is 131 Å². The van der Waals surface area contributed by atoms with E-state index in [-0.39, 0.29) is 106 Å². The van der Waals surface area contributed by atoms with Crippen molar-refractivity contribution in [1.29, 1.82) is 0 Å². The first-order valence-electron chi connectivity index (χ1n) is 23.6. The van der Waals surface area contributed by atoms with Gasteiger partial charge in [-0.3, -0.25) is 32.0 Å². The lowest BCUT2D eigenvalue weighted by molar-refractivity contribution is 0.472. The van der Waals surface area contributed by atoms with E-state index in [2.05, 4.69) is 49.8 Å². The fourth-order valence-corrected chi connectivity index (χ4v) is 13.7. The molecule has 8 bridgehead atoms. The van der Waals surface area contributed by atoms with E-state index >= 15 is 0 Å². The van der Waals surface area contributed by atoms with Crippen molar-refractivity contribution >= 4 is 143 Å². The number of aromatic nitrogens is 8. The van der Waals surface area contributed by atoms with Gasteiger partial charge in [0.2, 0.25) is 0 Å². The topological polar surface area (TPSA) is 526 Å². The molecule has 32 nitrogen and oxygen atoms in total. The molecule has 0 saturated heterocycles. The minimum absolute atomic E-state index is 0.0231. The number of rotatable bonds is 11. The van der Waals surface area contributed by atoms with Crippen LogP contribution in [0.2, 0.25) is 0 Å². The molecule has 444 valence electrons. The number of azo groups is 1. The normalized spacial score (nSPS) is 13.4. The third kappa shape index (κ3) is 10.6. The van der Waals surface area contributed by atoms with Gasteiger partial charge in [0.25, 0.3) is 70.7 Å². The van der Waals surface area contributed by atoms with Crippen LogP contribution in [0.4, 0.5) is 17.1 Å². The minimum Gasteiger partial charge on any atom is -0.505 e. The van der Waals surface area contributed by atoms with E-state index in [0.717, 1.165) is 66.7 Å². The van der Waals surface area contributed by atoms with Crippen molar-refractivity contribution in [2.45, 2.75) is 34.3 Å². The Labute approximate surface area is 486 Å². The summed E-state index contributed by atoms with van der Waals surface area (Å²) in [7, 11) is -35.1. The Kier molecular flexibility index (Phi) is 13.1. The van der Waals surface area contributed by atoms with Crippen LogP contribution in [0.1, 0.15) is 0 Å². The average Bonchev–Trinajstić information content (AvgIpc) is 2.40. The monoisotopic (exact) mass is 1320 g/mol. The Hall–Kier alpha value is -9.23. The van der Waals surface area contributed by atoms with Crippen molar-refractivity contribution in [3.63, 3.8) is 0 Å². The number of phenolic OH excluding ortho intramolecular Hbond substituents is 1. The van der Waals surface area contributed by atoms with Gasteiger partial charge in [0, 0.05) is 54.9 Å². The summed E-state index contributed by atoms with van der Waals surface area (Å²) in [6.45, 7) is 0. The highest BCUT2D eigenvalue weighted by atomic mass is 32.2. The zero-order valence-corrected chi connectivity index (χ0v) is 48.0. The first-order chi connectivity index (χ1) is 40.5. The van der Waals surface area contributed by atoms with Gasteiger partial charge in [-0.15, -0.1) is 10.2 Å².